The Bertz CT molecular complexity index is 285. The number of hydrogen-bond donors (Lipinski definition) is 3. The Morgan fingerprint density at radius 1 is 1.35 bits per heavy atom. The van der Waals surface area contributed by atoms with Crippen molar-refractivity contribution in [2.45, 2.75) is 45.6 Å². The van der Waals surface area contributed by atoms with Gasteiger partial charge in [-0.05, 0) is 25.8 Å². The van der Waals surface area contributed by atoms with Crippen LogP contribution >= 0.6 is 0 Å². The minimum absolute atomic E-state index is 0.0527. The minimum atomic E-state index is -0.792. The molecule has 1 aliphatic rings. The van der Waals surface area contributed by atoms with Crippen LogP contribution in [0.2, 0.25) is 0 Å². The van der Waals surface area contributed by atoms with Gasteiger partial charge in [-0.2, -0.15) is 0 Å². The van der Waals surface area contributed by atoms with E-state index in [1.165, 1.54) is 0 Å². The highest BCUT2D eigenvalue weighted by Gasteiger charge is 2.50. The Labute approximate surface area is 102 Å². The summed E-state index contributed by atoms with van der Waals surface area (Å²) in [6, 6.07) is 0.430. The highest BCUT2D eigenvalue weighted by Crippen LogP contribution is 2.45. The van der Waals surface area contributed by atoms with Crippen molar-refractivity contribution >= 4 is 11.9 Å². The van der Waals surface area contributed by atoms with Gasteiger partial charge in [0.2, 0.25) is 5.91 Å². The third-order valence-corrected chi connectivity index (χ3v) is 3.06. The molecular formula is C12H22N2O3. The fourth-order valence-corrected chi connectivity index (χ4v) is 1.61. The standard InChI is InChI=1S/C12H22N2O3/c1-9(2)13-7-3-4-10(15)14-8-12(5-6-12)11(16)17/h9,13H,3-8H2,1-2H3,(H,14,15)(H,16,17). The molecule has 0 aliphatic heterocycles. The molecule has 0 saturated heterocycles. The lowest BCUT2D eigenvalue weighted by molar-refractivity contribution is -0.143. The topological polar surface area (TPSA) is 78.4 Å². The highest BCUT2D eigenvalue weighted by atomic mass is 16.4. The molecule has 0 spiro atoms. The van der Waals surface area contributed by atoms with Crippen molar-refractivity contribution in [3.05, 3.63) is 0 Å². The van der Waals surface area contributed by atoms with Gasteiger partial charge in [0.25, 0.3) is 0 Å². The number of carbonyl (C=O) groups excluding carboxylic acids is 1. The molecule has 1 amide bonds. The quantitative estimate of drug-likeness (QED) is 0.549. The number of nitrogens with one attached hydrogen (secondary N) is 2. The Kier molecular flexibility index (Phi) is 4.93. The van der Waals surface area contributed by atoms with Crippen LogP contribution in [0.3, 0.4) is 0 Å². The van der Waals surface area contributed by atoms with E-state index in [-0.39, 0.29) is 12.5 Å². The van der Waals surface area contributed by atoms with Gasteiger partial charge in [-0.25, -0.2) is 0 Å². The summed E-state index contributed by atoms with van der Waals surface area (Å²) in [4.78, 5) is 22.3. The summed E-state index contributed by atoms with van der Waals surface area (Å²) in [7, 11) is 0. The molecule has 0 aromatic heterocycles. The van der Waals surface area contributed by atoms with Gasteiger partial charge in [0, 0.05) is 19.0 Å². The van der Waals surface area contributed by atoms with E-state index >= 15 is 0 Å². The molecule has 0 bridgehead atoms. The number of carbonyl (C=O) groups is 2. The molecule has 17 heavy (non-hydrogen) atoms. The lowest BCUT2D eigenvalue weighted by Gasteiger charge is -2.11. The summed E-state index contributed by atoms with van der Waals surface area (Å²) in [6.07, 6.45) is 2.59. The second kappa shape index (κ2) is 6.00. The summed E-state index contributed by atoms with van der Waals surface area (Å²) in [5.41, 5.74) is -0.661. The SMILES string of the molecule is CC(C)NCCCC(=O)NCC1(C(=O)O)CC1. The van der Waals surface area contributed by atoms with Crippen LogP contribution in [0.1, 0.15) is 39.5 Å². The zero-order valence-corrected chi connectivity index (χ0v) is 10.6. The average molecular weight is 242 g/mol. The van der Waals surface area contributed by atoms with Crippen LogP contribution < -0.4 is 10.6 Å². The van der Waals surface area contributed by atoms with Crippen LogP contribution in [0.15, 0.2) is 0 Å². The van der Waals surface area contributed by atoms with E-state index in [2.05, 4.69) is 24.5 Å². The van der Waals surface area contributed by atoms with Gasteiger partial charge >= 0.3 is 5.97 Å². The molecule has 1 saturated carbocycles. The largest absolute Gasteiger partial charge is 0.481 e. The summed E-state index contributed by atoms with van der Waals surface area (Å²) >= 11 is 0. The maximum Gasteiger partial charge on any atom is 0.311 e. The molecule has 98 valence electrons. The van der Waals surface area contributed by atoms with Gasteiger partial charge < -0.3 is 15.7 Å². The van der Waals surface area contributed by atoms with Gasteiger partial charge in [-0.3, -0.25) is 9.59 Å². The first-order valence-corrected chi connectivity index (χ1v) is 6.20. The summed E-state index contributed by atoms with van der Waals surface area (Å²) in [5, 5.41) is 14.9. The normalized spacial score (nSPS) is 16.9. The third kappa shape index (κ3) is 4.73. The zero-order chi connectivity index (χ0) is 12.9. The molecule has 3 N–H and O–H groups in total. The van der Waals surface area contributed by atoms with Crippen LogP contribution in [0.25, 0.3) is 0 Å². The second-order valence-corrected chi connectivity index (χ2v) is 5.07. The van der Waals surface area contributed by atoms with E-state index in [9.17, 15) is 9.59 Å². The Balaban J connectivity index is 2.08. The van der Waals surface area contributed by atoms with Gasteiger partial charge in [0.15, 0.2) is 0 Å². The number of carboxylic acid groups (broad SMARTS) is 1. The Morgan fingerprint density at radius 2 is 2.00 bits per heavy atom. The lowest BCUT2D eigenvalue weighted by atomic mass is 10.1. The van der Waals surface area contributed by atoms with Crippen LogP contribution in [0.4, 0.5) is 0 Å². The van der Waals surface area contributed by atoms with Crippen molar-refractivity contribution in [3.63, 3.8) is 0 Å². The van der Waals surface area contributed by atoms with Crippen molar-refractivity contribution in [1.29, 1.82) is 0 Å². The van der Waals surface area contributed by atoms with Crippen molar-refractivity contribution in [3.8, 4) is 0 Å². The number of rotatable bonds is 8. The van der Waals surface area contributed by atoms with E-state index in [0.717, 1.165) is 13.0 Å². The Morgan fingerprint density at radius 3 is 2.47 bits per heavy atom. The van der Waals surface area contributed by atoms with Gasteiger partial charge in [-0.15, -0.1) is 0 Å². The molecule has 0 atom stereocenters. The number of aliphatic carboxylic acids is 1. The Hall–Kier alpha value is -1.10. The molecule has 0 heterocycles. The molecule has 5 nitrogen and oxygen atoms in total. The van der Waals surface area contributed by atoms with E-state index in [4.69, 9.17) is 5.11 Å². The van der Waals surface area contributed by atoms with E-state index < -0.39 is 11.4 Å². The smallest absolute Gasteiger partial charge is 0.311 e. The first-order valence-electron chi connectivity index (χ1n) is 6.20. The highest BCUT2D eigenvalue weighted by molar-refractivity contribution is 5.80. The van der Waals surface area contributed by atoms with Gasteiger partial charge in [-0.1, -0.05) is 13.8 Å². The van der Waals surface area contributed by atoms with Gasteiger partial charge in [0.05, 0.1) is 5.41 Å². The molecule has 5 heteroatoms. The summed E-state index contributed by atoms with van der Waals surface area (Å²) in [6.45, 7) is 5.21. The monoisotopic (exact) mass is 242 g/mol. The van der Waals surface area contributed by atoms with Crippen LogP contribution in [-0.4, -0.2) is 36.1 Å². The van der Waals surface area contributed by atoms with E-state index in [0.29, 0.717) is 25.3 Å². The summed E-state index contributed by atoms with van der Waals surface area (Å²) in [5.74, 6) is -0.845. The van der Waals surface area contributed by atoms with E-state index in [1.807, 2.05) is 0 Å². The number of amides is 1. The first kappa shape index (κ1) is 14.0. The predicted molar refractivity (Wildman–Crippen MR) is 64.7 cm³/mol. The molecule has 1 aliphatic carbocycles. The van der Waals surface area contributed by atoms with Crippen molar-refractivity contribution in [2.75, 3.05) is 13.1 Å². The van der Waals surface area contributed by atoms with E-state index in [1.54, 1.807) is 0 Å². The zero-order valence-electron chi connectivity index (χ0n) is 10.6. The molecule has 0 aromatic carbocycles. The molecule has 0 aromatic rings. The first-order chi connectivity index (χ1) is 7.96. The van der Waals surface area contributed by atoms with Crippen molar-refractivity contribution < 1.29 is 14.7 Å². The maximum atomic E-state index is 11.5. The van der Waals surface area contributed by atoms with Crippen molar-refractivity contribution in [2.24, 2.45) is 5.41 Å². The predicted octanol–water partition coefficient (Wildman–Crippen LogP) is 0.746. The molecule has 1 fully saturated rings. The maximum absolute atomic E-state index is 11.5. The third-order valence-electron chi connectivity index (χ3n) is 3.06. The fourth-order valence-electron chi connectivity index (χ4n) is 1.61. The van der Waals surface area contributed by atoms with Crippen LogP contribution in [0.5, 0.6) is 0 Å². The molecular weight excluding hydrogens is 220 g/mol. The van der Waals surface area contributed by atoms with Gasteiger partial charge in [0.1, 0.15) is 0 Å². The minimum Gasteiger partial charge on any atom is -0.481 e. The molecule has 0 unspecified atom stereocenters. The lowest BCUT2D eigenvalue weighted by Crippen LogP contribution is -2.34. The second-order valence-electron chi connectivity index (χ2n) is 5.07. The number of hydrogen-bond acceptors (Lipinski definition) is 3. The van der Waals surface area contributed by atoms with Crippen LogP contribution in [-0.2, 0) is 9.59 Å². The average Bonchev–Trinajstić information content (AvgIpc) is 3.02. The van der Waals surface area contributed by atoms with Crippen LogP contribution in [0, 0.1) is 5.41 Å². The number of carboxylic acids is 1. The van der Waals surface area contributed by atoms with Crippen molar-refractivity contribution in [1.82, 2.24) is 10.6 Å². The molecule has 1 rings (SSSR count). The fraction of sp³-hybridized carbons (Fsp3) is 0.833. The molecule has 0 radical (unpaired) electrons. The summed E-state index contributed by atoms with van der Waals surface area (Å²) < 4.78 is 0.